The van der Waals surface area contributed by atoms with E-state index in [0.717, 1.165) is 11.3 Å². The molecule has 4 N–H and O–H groups in total. The highest BCUT2D eigenvalue weighted by atomic mass is 127. The smallest absolute Gasteiger partial charge is 0.266 e. The highest BCUT2D eigenvalue weighted by Gasteiger charge is 2.05. The summed E-state index contributed by atoms with van der Waals surface area (Å²) < 4.78 is 0.531. The molecule has 6 heteroatoms. The molecule has 1 aromatic heterocycles. The summed E-state index contributed by atoms with van der Waals surface area (Å²) in [5.41, 5.74) is 7.30. The molecule has 0 aliphatic carbocycles. The van der Waals surface area contributed by atoms with Crippen LogP contribution in [-0.4, -0.2) is 9.97 Å². The van der Waals surface area contributed by atoms with E-state index in [2.05, 4.69) is 15.3 Å². The molecule has 2 aromatic rings. The van der Waals surface area contributed by atoms with Crippen molar-refractivity contribution in [2.75, 3.05) is 5.32 Å². The Labute approximate surface area is 112 Å². The van der Waals surface area contributed by atoms with Crippen LogP contribution in [0.2, 0.25) is 0 Å². The third-order valence-electron chi connectivity index (χ3n) is 2.22. The lowest BCUT2D eigenvalue weighted by atomic mass is 10.2. The van der Waals surface area contributed by atoms with Gasteiger partial charge in [0.05, 0.1) is 6.33 Å². The summed E-state index contributed by atoms with van der Waals surface area (Å²) in [5, 5.41) is 3.09. The molecule has 0 amide bonds. The Hall–Kier alpha value is -1.41. The van der Waals surface area contributed by atoms with Gasteiger partial charge in [0.25, 0.3) is 5.56 Å². The number of H-pyrrole nitrogens is 1. The van der Waals surface area contributed by atoms with E-state index in [9.17, 15) is 4.79 Å². The molecule has 5 nitrogen and oxygen atoms in total. The van der Waals surface area contributed by atoms with Crippen molar-refractivity contribution in [1.29, 1.82) is 0 Å². The van der Waals surface area contributed by atoms with E-state index in [0.29, 0.717) is 15.9 Å². The maximum absolute atomic E-state index is 11.4. The van der Waals surface area contributed by atoms with Crippen molar-refractivity contribution in [1.82, 2.24) is 9.97 Å². The second-order valence-corrected chi connectivity index (χ2v) is 4.50. The number of halogens is 1. The van der Waals surface area contributed by atoms with Crippen LogP contribution in [0, 0.1) is 3.57 Å². The minimum absolute atomic E-state index is 0.155. The molecule has 1 heterocycles. The zero-order valence-electron chi connectivity index (χ0n) is 8.90. The molecule has 88 valence electrons. The van der Waals surface area contributed by atoms with Gasteiger partial charge in [0.1, 0.15) is 3.57 Å². The zero-order valence-corrected chi connectivity index (χ0v) is 11.1. The molecule has 1 aromatic carbocycles. The maximum Gasteiger partial charge on any atom is 0.266 e. The standard InChI is InChI=1S/C11H11IN4O/c12-9-10(14-6-15-11(9)17)16-8-3-1-2-7(4-8)5-13/h1-4,6H,5,13H2,(H2,14,15,16,17). The Balaban J connectivity index is 2.31. The largest absolute Gasteiger partial charge is 0.339 e. The lowest BCUT2D eigenvalue weighted by molar-refractivity contribution is 1.07. The SMILES string of the molecule is NCc1cccc(Nc2nc[nH]c(=O)c2I)c1. The molecule has 0 atom stereocenters. The summed E-state index contributed by atoms with van der Waals surface area (Å²) >= 11 is 1.96. The second-order valence-electron chi connectivity index (χ2n) is 3.42. The summed E-state index contributed by atoms with van der Waals surface area (Å²) in [6, 6.07) is 7.68. The number of hydrogen-bond donors (Lipinski definition) is 3. The minimum Gasteiger partial charge on any atom is -0.339 e. The number of nitrogens with zero attached hydrogens (tertiary/aromatic N) is 1. The van der Waals surface area contributed by atoms with Crippen molar-refractivity contribution in [2.45, 2.75) is 6.54 Å². The van der Waals surface area contributed by atoms with Gasteiger partial charge in [0.2, 0.25) is 0 Å². The predicted molar refractivity (Wildman–Crippen MR) is 75.2 cm³/mol. The number of benzene rings is 1. The van der Waals surface area contributed by atoms with Crippen molar-refractivity contribution in [2.24, 2.45) is 5.73 Å². The van der Waals surface area contributed by atoms with Crippen molar-refractivity contribution < 1.29 is 0 Å². The third kappa shape index (κ3) is 2.83. The Morgan fingerprint density at radius 2 is 2.29 bits per heavy atom. The normalized spacial score (nSPS) is 10.2. The van der Waals surface area contributed by atoms with Crippen molar-refractivity contribution >= 4 is 34.1 Å². The number of nitrogens with one attached hydrogen (secondary N) is 2. The van der Waals surface area contributed by atoms with Crippen LogP contribution in [0.25, 0.3) is 0 Å². The van der Waals surface area contributed by atoms with Crippen LogP contribution in [0.3, 0.4) is 0 Å². The van der Waals surface area contributed by atoms with Crippen LogP contribution in [0.15, 0.2) is 35.4 Å². The molecule has 0 unspecified atom stereocenters. The number of aromatic nitrogens is 2. The van der Waals surface area contributed by atoms with Gasteiger partial charge >= 0.3 is 0 Å². The van der Waals surface area contributed by atoms with E-state index in [1.165, 1.54) is 6.33 Å². The number of anilines is 2. The van der Waals surface area contributed by atoms with Crippen LogP contribution < -0.4 is 16.6 Å². The fourth-order valence-electron chi connectivity index (χ4n) is 1.38. The summed E-state index contributed by atoms with van der Waals surface area (Å²) in [5.74, 6) is 0.545. The summed E-state index contributed by atoms with van der Waals surface area (Å²) in [6.45, 7) is 0.482. The van der Waals surface area contributed by atoms with E-state index in [1.807, 2.05) is 46.9 Å². The van der Waals surface area contributed by atoms with Crippen LogP contribution in [-0.2, 0) is 6.54 Å². The Bertz CT molecular complexity index is 582. The van der Waals surface area contributed by atoms with E-state index >= 15 is 0 Å². The topological polar surface area (TPSA) is 83.8 Å². The molecule has 0 aliphatic rings. The monoisotopic (exact) mass is 342 g/mol. The van der Waals surface area contributed by atoms with E-state index < -0.39 is 0 Å². The van der Waals surface area contributed by atoms with Gasteiger partial charge in [-0.15, -0.1) is 0 Å². The minimum atomic E-state index is -0.155. The Morgan fingerprint density at radius 1 is 1.47 bits per heavy atom. The van der Waals surface area contributed by atoms with Crippen LogP contribution in [0.1, 0.15) is 5.56 Å². The van der Waals surface area contributed by atoms with Gasteiger partial charge < -0.3 is 16.0 Å². The van der Waals surface area contributed by atoms with Crippen LogP contribution in [0.4, 0.5) is 11.5 Å². The summed E-state index contributed by atoms with van der Waals surface area (Å²) in [4.78, 5) is 18.0. The fourth-order valence-corrected chi connectivity index (χ4v) is 1.81. The number of nitrogens with two attached hydrogens (primary N) is 1. The maximum atomic E-state index is 11.4. The first-order valence-corrected chi connectivity index (χ1v) is 6.08. The van der Waals surface area contributed by atoms with E-state index in [1.54, 1.807) is 0 Å². The van der Waals surface area contributed by atoms with Crippen LogP contribution >= 0.6 is 22.6 Å². The molecule has 2 rings (SSSR count). The summed E-state index contributed by atoms with van der Waals surface area (Å²) in [7, 11) is 0. The molecule has 0 bridgehead atoms. The molecular weight excluding hydrogens is 331 g/mol. The molecule has 0 spiro atoms. The molecule has 0 radical (unpaired) electrons. The van der Waals surface area contributed by atoms with Gasteiger partial charge in [-0.1, -0.05) is 12.1 Å². The van der Waals surface area contributed by atoms with Gasteiger partial charge in [0, 0.05) is 12.2 Å². The summed E-state index contributed by atoms with van der Waals surface area (Å²) in [6.07, 6.45) is 1.37. The third-order valence-corrected chi connectivity index (χ3v) is 3.22. The van der Waals surface area contributed by atoms with Gasteiger partial charge in [0.15, 0.2) is 5.82 Å². The lowest BCUT2D eigenvalue weighted by Gasteiger charge is -2.07. The molecule has 0 saturated heterocycles. The average Bonchev–Trinajstić information content (AvgIpc) is 2.35. The van der Waals surface area contributed by atoms with Gasteiger partial charge in [-0.3, -0.25) is 4.79 Å². The second kappa shape index (κ2) is 5.28. The number of hydrogen-bond acceptors (Lipinski definition) is 4. The number of rotatable bonds is 3. The average molecular weight is 342 g/mol. The quantitative estimate of drug-likeness (QED) is 0.740. The molecule has 0 aliphatic heterocycles. The van der Waals surface area contributed by atoms with Crippen molar-refractivity contribution in [3.8, 4) is 0 Å². The van der Waals surface area contributed by atoms with Gasteiger partial charge in [-0.25, -0.2) is 4.98 Å². The van der Waals surface area contributed by atoms with E-state index in [4.69, 9.17) is 5.73 Å². The van der Waals surface area contributed by atoms with Gasteiger partial charge in [-0.05, 0) is 40.3 Å². The lowest BCUT2D eigenvalue weighted by Crippen LogP contribution is -2.13. The molecular formula is C11H11IN4O. The first-order chi connectivity index (χ1) is 8.20. The first-order valence-electron chi connectivity index (χ1n) is 5.00. The number of aromatic amines is 1. The predicted octanol–water partition coefficient (Wildman–Crippen LogP) is 1.58. The first kappa shape index (κ1) is 12.1. The zero-order chi connectivity index (χ0) is 12.3. The van der Waals surface area contributed by atoms with Gasteiger partial charge in [-0.2, -0.15) is 0 Å². The molecule has 17 heavy (non-hydrogen) atoms. The highest BCUT2D eigenvalue weighted by Crippen LogP contribution is 2.18. The van der Waals surface area contributed by atoms with E-state index in [-0.39, 0.29) is 5.56 Å². The highest BCUT2D eigenvalue weighted by molar-refractivity contribution is 14.1. The Morgan fingerprint density at radius 3 is 3.06 bits per heavy atom. The Kier molecular flexibility index (Phi) is 3.75. The fraction of sp³-hybridized carbons (Fsp3) is 0.0909. The molecule has 0 saturated carbocycles. The molecule has 0 fully saturated rings. The van der Waals surface area contributed by atoms with Crippen molar-refractivity contribution in [3.63, 3.8) is 0 Å². The van der Waals surface area contributed by atoms with Crippen LogP contribution in [0.5, 0.6) is 0 Å². The van der Waals surface area contributed by atoms with Crippen molar-refractivity contribution in [3.05, 3.63) is 50.1 Å².